The largest absolute Gasteiger partial charge is 0.467 e. The third-order valence-electron chi connectivity index (χ3n) is 4.41. The van der Waals surface area contributed by atoms with Crippen LogP contribution in [0.3, 0.4) is 0 Å². The van der Waals surface area contributed by atoms with Gasteiger partial charge < -0.3 is 9.32 Å². The van der Waals surface area contributed by atoms with Gasteiger partial charge in [0.2, 0.25) is 15.9 Å². The first-order valence-corrected chi connectivity index (χ1v) is 9.71. The Morgan fingerprint density at radius 1 is 1.20 bits per heavy atom. The molecule has 3 rings (SSSR count). The van der Waals surface area contributed by atoms with Gasteiger partial charge in [-0.05, 0) is 44.0 Å². The number of rotatable bonds is 7. The molecule has 1 fully saturated rings. The molecule has 0 unspecified atom stereocenters. The van der Waals surface area contributed by atoms with Crippen molar-refractivity contribution in [1.82, 2.24) is 9.21 Å². The molecule has 0 N–H and O–H groups in total. The number of furan rings is 1. The van der Waals surface area contributed by atoms with Gasteiger partial charge in [0.15, 0.2) is 0 Å². The normalized spacial score (nSPS) is 16.0. The zero-order valence-corrected chi connectivity index (χ0v) is 15.1. The summed E-state index contributed by atoms with van der Waals surface area (Å²) in [7, 11) is -2.26. The number of hydrogen-bond donors (Lipinski definition) is 0. The van der Waals surface area contributed by atoms with Crippen molar-refractivity contribution in [3.8, 4) is 0 Å². The molecule has 0 saturated heterocycles. The molecule has 1 atom stereocenters. The predicted octanol–water partition coefficient (Wildman–Crippen LogP) is 2.65. The summed E-state index contributed by atoms with van der Waals surface area (Å²) in [6.45, 7) is 1.71. The maximum Gasteiger partial charge on any atom is 0.243 e. The lowest BCUT2D eigenvalue weighted by Crippen LogP contribution is -2.43. The van der Waals surface area contributed by atoms with E-state index in [1.54, 1.807) is 35.4 Å². The minimum absolute atomic E-state index is 0.153. The molecule has 1 saturated carbocycles. The summed E-state index contributed by atoms with van der Waals surface area (Å²) >= 11 is 0. The molecule has 7 heteroatoms. The average molecular weight is 362 g/mol. The van der Waals surface area contributed by atoms with Crippen LogP contribution in [0.2, 0.25) is 0 Å². The minimum Gasteiger partial charge on any atom is -0.467 e. The minimum atomic E-state index is -3.69. The zero-order chi connectivity index (χ0) is 18.0. The van der Waals surface area contributed by atoms with Crippen LogP contribution in [0.1, 0.15) is 31.6 Å². The van der Waals surface area contributed by atoms with E-state index in [0.29, 0.717) is 5.76 Å². The molecule has 2 aromatic rings. The van der Waals surface area contributed by atoms with E-state index in [1.165, 1.54) is 19.2 Å². The van der Waals surface area contributed by atoms with Gasteiger partial charge in [-0.2, -0.15) is 4.31 Å². The molecule has 1 amide bonds. The fourth-order valence-corrected chi connectivity index (χ4v) is 4.03. The molecule has 25 heavy (non-hydrogen) atoms. The van der Waals surface area contributed by atoms with Gasteiger partial charge in [-0.3, -0.25) is 4.79 Å². The first-order chi connectivity index (χ1) is 11.9. The number of carbonyl (C=O) groups excluding carboxylic acids is 1. The van der Waals surface area contributed by atoms with Gasteiger partial charge >= 0.3 is 0 Å². The van der Waals surface area contributed by atoms with Crippen LogP contribution in [0.25, 0.3) is 0 Å². The third-order valence-corrected chi connectivity index (χ3v) is 6.23. The van der Waals surface area contributed by atoms with Crippen molar-refractivity contribution in [2.24, 2.45) is 0 Å². The summed E-state index contributed by atoms with van der Waals surface area (Å²) in [6, 6.07) is 11.7. The predicted molar refractivity (Wildman–Crippen MR) is 93.2 cm³/mol. The Bertz CT molecular complexity index is 814. The molecule has 1 aliphatic rings. The SMILES string of the molecule is C[C@@H](c1ccco1)N(C(=O)CN(C)S(=O)(=O)c1ccccc1)C1CC1. The zero-order valence-electron chi connectivity index (χ0n) is 14.3. The van der Waals surface area contributed by atoms with E-state index in [9.17, 15) is 13.2 Å². The molecule has 0 bridgehead atoms. The molecular formula is C18H22N2O4S. The molecule has 1 heterocycles. The Balaban J connectivity index is 1.75. The van der Waals surface area contributed by atoms with Crippen molar-refractivity contribution >= 4 is 15.9 Å². The van der Waals surface area contributed by atoms with Gasteiger partial charge in [-0.1, -0.05) is 18.2 Å². The van der Waals surface area contributed by atoms with Gasteiger partial charge in [0.25, 0.3) is 0 Å². The standard InChI is InChI=1S/C18H22N2O4S/c1-14(17-9-6-12-24-17)20(15-10-11-15)18(21)13-19(2)25(22,23)16-7-4-3-5-8-16/h3-9,12,14-15H,10-11,13H2,1-2H3/t14-/m0/s1. The van der Waals surface area contributed by atoms with E-state index in [0.717, 1.165) is 17.1 Å². The summed E-state index contributed by atoms with van der Waals surface area (Å²) in [5.41, 5.74) is 0. The Morgan fingerprint density at radius 3 is 2.44 bits per heavy atom. The highest BCUT2D eigenvalue weighted by atomic mass is 32.2. The highest BCUT2D eigenvalue weighted by Crippen LogP contribution is 2.34. The van der Waals surface area contributed by atoms with Gasteiger partial charge in [0.05, 0.1) is 23.7 Å². The molecule has 0 spiro atoms. The maximum atomic E-state index is 12.8. The topological polar surface area (TPSA) is 70.8 Å². The first-order valence-electron chi connectivity index (χ1n) is 8.27. The summed E-state index contributed by atoms with van der Waals surface area (Å²) in [4.78, 5) is 14.8. The fourth-order valence-electron chi connectivity index (χ4n) is 2.88. The lowest BCUT2D eigenvalue weighted by Gasteiger charge is -2.29. The third kappa shape index (κ3) is 3.77. The quantitative estimate of drug-likeness (QED) is 0.759. The molecule has 1 aromatic carbocycles. The maximum absolute atomic E-state index is 12.8. The molecule has 0 radical (unpaired) electrons. The number of benzene rings is 1. The van der Waals surface area contributed by atoms with Crippen LogP contribution < -0.4 is 0 Å². The molecule has 0 aliphatic heterocycles. The van der Waals surface area contributed by atoms with Crippen molar-refractivity contribution < 1.29 is 17.6 Å². The smallest absolute Gasteiger partial charge is 0.243 e. The van der Waals surface area contributed by atoms with Crippen molar-refractivity contribution in [2.45, 2.75) is 36.7 Å². The highest BCUT2D eigenvalue weighted by molar-refractivity contribution is 7.89. The molecule has 1 aliphatic carbocycles. The van der Waals surface area contributed by atoms with Crippen LogP contribution in [0.15, 0.2) is 58.0 Å². The second-order valence-electron chi connectivity index (χ2n) is 6.30. The van der Waals surface area contributed by atoms with E-state index in [4.69, 9.17) is 4.42 Å². The van der Waals surface area contributed by atoms with Gasteiger partial charge in [-0.25, -0.2) is 8.42 Å². The van der Waals surface area contributed by atoms with E-state index in [1.807, 2.05) is 13.0 Å². The van der Waals surface area contributed by atoms with Crippen LogP contribution in [0.4, 0.5) is 0 Å². The number of nitrogens with zero attached hydrogens (tertiary/aromatic N) is 2. The summed E-state index contributed by atoms with van der Waals surface area (Å²) < 4.78 is 31.7. The van der Waals surface area contributed by atoms with E-state index in [2.05, 4.69) is 0 Å². The fraction of sp³-hybridized carbons (Fsp3) is 0.389. The number of carbonyl (C=O) groups is 1. The number of amides is 1. The second kappa shape index (κ2) is 7.01. The van der Waals surface area contributed by atoms with Crippen LogP contribution in [0.5, 0.6) is 0 Å². The Kier molecular flexibility index (Phi) is 4.96. The Labute approximate surface area is 148 Å². The van der Waals surface area contributed by atoms with Gasteiger partial charge in [0, 0.05) is 13.1 Å². The van der Waals surface area contributed by atoms with E-state index >= 15 is 0 Å². The Hall–Kier alpha value is -2.12. The molecular weight excluding hydrogens is 340 g/mol. The van der Waals surface area contributed by atoms with E-state index < -0.39 is 10.0 Å². The van der Waals surface area contributed by atoms with Crippen molar-refractivity contribution in [3.63, 3.8) is 0 Å². The van der Waals surface area contributed by atoms with Crippen LogP contribution in [-0.4, -0.2) is 43.2 Å². The first kappa shape index (κ1) is 17.7. The average Bonchev–Trinajstić information content (AvgIpc) is 3.26. The molecule has 6 nitrogen and oxygen atoms in total. The van der Waals surface area contributed by atoms with Gasteiger partial charge in [-0.15, -0.1) is 0 Å². The van der Waals surface area contributed by atoms with E-state index in [-0.39, 0.29) is 29.4 Å². The monoisotopic (exact) mass is 362 g/mol. The lowest BCUT2D eigenvalue weighted by molar-refractivity contribution is -0.134. The van der Waals surface area contributed by atoms with Crippen molar-refractivity contribution in [1.29, 1.82) is 0 Å². The number of hydrogen-bond acceptors (Lipinski definition) is 4. The highest BCUT2D eigenvalue weighted by Gasteiger charge is 2.38. The van der Waals surface area contributed by atoms with Crippen LogP contribution >= 0.6 is 0 Å². The summed E-state index contributed by atoms with van der Waals surface area (Å²) in [5.74, 6) is 0.488. The number of likely N-dealkylation sites (N-methyl/N-ethyl adjacent to an activating group) is 1. The molecule has 134 valence electrons. The molecule has 1 aromatic heterocycles. The van der Waals surface area contributed by atoms with Crippen LogP contribution in [-0.2, 0) is 14.8 Å². The lowest BCUT2D eigenvalue weighted by atomic mass is 10.2. The van der Waals surface area contributed by atoms with Crippen molar-refractivity contribution in [2.75, 3.05) is 13.6 Å². The van der Waals surface area contributed by atoms with Crippen molar-refractivity contribution in [3.05, 3.63) is 54.5 Å². The summed E-state index contributed by atoms with van der Waals surface area (Å²) in [5, 5.41) is 0. The summed E-state index contributed by atoms with van der Waals surface area (Å²) in [6.07, 6.45) is 3.45. The second-order valence-corrected chi connectivity index (χ2v) is 8.34. The van der Waals surface area contributed by atoms with Crippen LogP contribution in [0, 0.1) is 0 Å². The number of sulfonamides is 1. The van der Waals surface area contributed by atoms with Gasteiger partial charge in [0.1, 0.15) is 5.76 Å². The Morgan fingerprint density at radius 2 is 1.88 bits per heavy atom.